The van der Waals surface area contributed by atoms with Crippen LogP contribution in [-0.4, -0.2) is 11.4 Å². The second kappa shape index (κ2) is 3.17. The molecule has 0 aliphatic heterocycles. The van der Waals surface area contributed by atoms with Crippen molar-refractivity contribution in [3.63, 3.8) is 0 Å². The third-order valence-corrected chi connectivity index (χ3v) is 1.16. The lowest BCUT2D eigenvalue weighted by atomic mass is 10.4. The van der Waals surface area contributed by atoms with E-state index >= 15 is 0 Å². The average molecular weight is 157 g/mol. The Hall–Kier alpha value is -1.09. The van der Waals surface area contributed by atoms with Gasteiger partial charge >= 0.3 is 0 Å². The van der Waals surface area contributed by atoms with Gasteiger partial charge < -0.3 is 5.32 Å². The number of rotatable bonds is 2. The number of halogens is 1. The molecule has 1 heterocycles. The van der Waals surface area contributed by atoms with Gasteiger partial charge in [-0.05, 0) is 12.1 Å². The highest BCUT2D eigenvalue weighted by molar-refractivity contribution is 6.29. The molecule has 0 aliphatic carbocycles. The predicted molar refractivity (Wildman–Crippen MR) is 38.9 cm³/mol. The van der Waals surface area contributed by atoms with Crippen molar-refractivity contribution >= 4 is 23.7 Å². The lowest BCUT2D eigenvalue weighted by Gasteiger charge is -1.95. The monoisotopic (exact) mass is 156 g/mol. The van der Waals surface area contributed by atoms with Gasteiger partial charge in [-0.1, -0.05) is 11.6 Å². The molecule has 1 aromatic rings. The van der Waals surface area contributed by atoms with Crippen LogP contribution >= 0.6 is 11.6 Å². The zero-order valence-electron chi connectivity index (χ0n) is 5.04. The van der Waals surface area contributed by atoms with Gasteiger partial charge in [-0.2, -0.15) is 0 Å². The van der Waals surface area contributed by atoms with E-state index < -0.39 is 0 Å². The average Bonchev–Trinajstić information content (AvgIpc) is 1.88. The van der Waals surface area contributed by atoms with Crippen molar-refractivity contribution < 1.29 is 4.79 Å². The Kier molecular flexibility index (Phi) is 2.23. The summed E-state index contributed by atoms with van der Waals surface area (Å²) in [5, 5.41) is 2.81. The Bertz CT molecular complexity index is 239. The van der Waals surface area contributed by atoms with Crippen LogP contribution in [0.25, 0.3) is 0 Å². The van der Waals surface area contributed by atoms with Gasteiger partial charge in [0.1, 0.15) is 5.15 Å². The molecule has 1 aromatic heterocycles. The fourth-order valence-electron chi connectivity index (χ4n) is 0.560. The van der Waals surface area contributed by atoms with Crippen molar-refractivity contribution in [1.82, 2.24) is 4.98 Å². The number of hydrogen-bond acceptors (Lipinski definition) is 2. The quantitative estimate of drug-likeness (QED) is 0.518. The van der Waals surface area contributed by atoms with Gasteiger partial charge in [0.05, 0.1) is 0 Å². The molecule has 3 nitrogen and oxygen atoms in total. The fraction of sp³-hybridized carbons (Fsp3) is 0. The van der Waals surface area contributed by atoms with Gasteiger partial charge in [-0.3, -0.25) is 4.79 Å². The van der Waals surface area contributed by atoms with Crippen LogP contribution in [-0.2, 0) is 4.79 Å². The summed E-state index contributed by atoms with van der Waals surface area (Å²) in [5.74, 6) is 0. The molecule has 10 heavy (non-hydrogen) atoms. The minimum absolute atomic E-state index is 0.367. The SMILES string of the molecule is O=CNc1ccnc(Cl)c1. The Morgan fingerprint density at radius 3 is 3.10 bits per heavy atom. The van der Waals surface area contributed by atoms with Crippen molar-refractivity contribution in [2.24, 2.45) is 0 Å². The number of pyridine rings is 1. The van der Waals surface area contributed by atoms with Gasteiger partial charge in [0.2, 0.25) is 6.41 Å². The van der Waals surface area contributed by atoms with Gasteiger partial charge in [0.25, 0.3) is 0 Å². The van der Waals surface area contributed by atoms with Crippen LogP contribution in [0.1, 0.15) is 0 Å². The van der Waals surface area contributed by atoms with Gasteiger partial charge in [-0.25, -0.2) is 4.98 Å². The van der Waals surface area contributed by atoms with E-state index in [4.69, 9.17) is 11.6 Å². The molecule has 1 rings (SSSR count). The van der Waals surface area contributed by atoms with Crippen LogP contribution in [0.15, 0.2) is 18.3 Å². The fourth-order valence-corrected chi connectivity index (χ4v) is 0.734. The van der Waals surface area contributed by atoms with Gasteiger partial charge in [0, 0.05) is 11.9 Å². The van der Waals surface area contributed by atoms with E-state index in [0.717, 1.165) is 0 Å². The minimum atomic E-state index is 0.367. The number of nitrogens with zero attached hydrogens (tertiary/aromatic N) is 1. The Balaban J connectivity index is 2.84. The van der Waals surface area contributed by atoms with Crippen LogP contribution in [0.4, 0.5) is 5.69 Å². The summed E-state index contributed by atoms with van der Waals surface area (Å²) >= 11 is 5.51. The Morgan fingerprint density at radius 1 is 1.70 bits per heavy atom. The van der Waals surface area contributed by atoms with Crippen LogP contribution in [0, 0.1) is 0 Å². The standard InChI is InChI=1S/C6H5ClN2O/c7-6-3-5(9-4-10)1-2-8-6/h1-4H,(H,8,9,10). The normalized spacial score (nSPS) is 8.90. The van der Waals surface area contributed by atoms with Crippen molar-refractivity contribution in [1.29, 1.82) is 0 Å². The molecule has 0 fully saturated rings. The van der Waals surface area contributed by atoms with Crippen molar-refractivity contribution in [2.75, 3.05) is 5.32 Å². The molecule has 0 aliphatic rings. The molecule has 0 aromatic carbocycles. The third-order valence-electron chi connectivity index (χ3n) is 0.952. The van der Waals surface area contributed by atoms with E-state index in [2.05, 4.69) is 10.3 Å². The molecule has 1 N–H and O–H groups in total. The summed E-state index contributed by atoms with van der Waals surface area (Å²) in [4.78, 5) is 13.6. The number of carbonyl (C=O) groups excluding carboxylic acids is 1. The van der Waals surface area contributed by atoms with E-state index in [1.54, 1.807) is 12.1 Å². The molecule has 0 spiro atoms. The number of aromatic nitrogens is 1. The van der Waals surface area contributed by atoms with Crippen LogP contribution in [0.2, 0.25) is 5.15 Å². The maximum atomic E-state index is 9.91. The molecule has 0 saturated heterocycles. The lowest BCUT2D eigenvalue weighted by Crippen LogP contribution is -1.92. The highest BCUT2D eigenvalue weighted by Gasteiger charge is 1.90. The molecular weight excluding hydrogens is 152 g/mol. The Labute approximate surface area is 63.0 Å². The first kappa shape index (κ1) is 7.02. The molecule has 0 saturated carbocycles. The van der Waals surface area contributed by atoms with Crippen LogP contribution in [0.5, 0.6) is 0 Å². The Morgan fingerprint density at radius 2 is 2.50 bits per heavy atom. The van der Waals surface area contributed by atoms with Crippen LogP contribution in [0.3, 0.4) is 0 Å². The number of anilines is 1. The summed E-state index contributed by atoms with van der Waals surface area (Å²) in [5.41, 5.74) is 0.648. The smallest absolute Gasteiger partial charge is 0.211 e. The van der Waals surface area contributed by atoms with E-state index in [1.165, 1.54) is 6.20 Å². The van der Waals surface area contributed by atoms with E-state index in [9.17, 15) is 4.79 Å². The number of nitrogens with one attached hydrogen (secondary N) is 1. The van der Waals surface area contributed by atoms with Crippen molar-refractivity contribution in [3.05, 3.63) is 23.5 Å². The molecule has 1 amide bonds. The topological polar surface area (TPSA) is 42.0 Å². The largest absolute Gasteiger partial charge is 0.329 e. The van der Waals surface area contributed by atoms with E-state index in [0.29, 0.717) is 17.3 Å². The zero-order chi connectivity index (χ0) is 7.40. The predicted octanol–water partition coefficient (Wildman–Crippen LogP) is 1.30. The first-order valence-electron chi connectivity index (χ1n) is 2.64. The molecular formula is C6H5ClN2O. The highest BCUT2D eigenvalue weighted by Crippen LogP contribution is 2.10. The lowest BCUT2D eigenvalue weighted by molar-refractivity contribution is -0.105. The van der Waals surface area contributed by atoms with Crippen LogP contribution < -0.4 is 5.32 Å². The first-order valence-corrected chi connectivity index (χ1v) is 3.02. The second-order valence-corrected chi connectivity index (χ2v) is 2.02. The van der Waals surface area contributed by atoms with Crippen molar-refractivity contribution in [3.8, 4) is 0 Å². The number of amides is 1. The number of hydrogen-bond donors (Lipinski definition) is 1. The second-order valence-electron chi connectivity index (χ2n) is 1.63. The third kappa shape index (κ3) is 1.70. The summed E-state index contributed by atoms with van der Waals surface area (Å²) in [6, 6.07) is 3.22. The summed E-state index contributed by atoms with van der Waals surface area (Å²) in [6.45, 7) is 0. The molecule has 0 atom stereocenters. The minimum Gasteiger partial charge on any atom is -0.329 e. The van der Waals surface area contributed by atoms with E-state index in [1.807, 2.05) is 0 Å². The van der Waals surface area contributed by atoms with E-state index in [-0.39, 0.29) is 0 Å². The van der Waals surface area contributed by atoms with Gasteiger partial charge in [-0.15, -0.1) is 0 Å². The maximum absolute atomic E-state index is 9.91. The summed E-state index contributed by atoms with van der Waals surface area (Å²) in [7, 11) is 0. The first-order chi connectivity index (χ1) is 4.83. The highest BCUT2D eigenvalue weighted by atomic mass is 35.5. The summed E-state index contributed by atoms with van der Waals surface area (Å²) in [6.07, 6.45) is 2.11. The molecule has 0 radical (unpaired) electrons. The molecule has 0 bridgehead atoms. The maximum Gasteiger partial charge on any atom is 0.211 e. The van der Waals surface area contributed by atoms with Crippen molar-refractivity contribution in [2.45, 2.75) is 0 Å². The van der Waals surface area contributed by atoms with Gasteiger partial charge in [0.15, 0.2) is 0 Å². The molecule has 0 unspecified atom stereocenters. The molecule has 4 heteroatoms. The molecule has 52 valence electrons. The summed E-state index contributed by atoms with van der Waals surface area (Å²) < 4.78 is 0. The number of carbonyl (C=O) groups is 1. The zero-order valence-corrected chi connectivity index (χ0v) is 5.80.